The number of aromatic nitrogens is 2. The molecule has 0 aliphatic carbocycles. The van der Waals surface area contributed by atoms with Gasteiger partial charge in [-0.2, -0.15) is 0 Å². The van der Waals surface area contributed by atoms with Gasteiger partial charge in [0.2, 0.25) is 11.8 Å². The topological polar surface area (TPSA) is 134 Å². The number of phenolic OH excluding ortho intramolecular Hbond substituents is 1. The molecule has 1 aromatic heterocycles. The van der Waals surface area contributed by atoms with E-state index in [-0.39, 0.29) is 29.7 Å². The molecule has 10 heteroatoms. The number of nitrogen functional groups attached to an aromatic ring is 1. The minimum absolute atomic E-state index is 0.0380. The molecule has 4 heterocycles. The van der Waals surface area contributed by atoms with E-state index in [0.717, 1.165) is 51.1 Å². The van der Waals surface area contributed by atoms with Crippen molar-refractivity contribution >= 4 is 35.3 Å². The lowest BCUT2D eigenvalue weighted by molar-refractivity contribution is -0.407. The highest BCUT2D eigenvalue weighted by molar-refractivity contribution is 7.99. The Morgan fingerprint density at radius 2 is 1.89 bits per heavy atom. The Hall–Kier alpha value is -3.76. The van der Waals surface area contributed by atoms with Gasteiger partial charge in [0.15, 0.2) is 6.04 Å². The zero-order chi connectivity index (χ0) is 26.6. The van der Waals surface area contributed by atoms with Gasteiger partial charge in [0.1, 0.15) is 10.8 Å². The molecular formula is C28H30N7O2S+. The van der Waals surface area contributed by atoms with Crippen LogP contribution in [0.5, 0.6) is 5.75 Å². The number of amides is 1. The van der Waals surface area contributed by atoms with E-state index >= 15 is 0 Å². The predicted octanol–water partition coefficient (Wildman–Crippen LogP) is 2.76. The van der Waals surface area contributed by atoms with Crippen LogP contribution in [0.4, 0.5) is 5.95 Å². The fourth-order valence-electron chi connectivity index (χ4n) is 5.58. The number of phenols is 1. The lowest BCUT2D eigenvalue weighted by Gasteiger charge is -2.19. The molecule has 6 rings (SSSR count). The van der Waals surface area contributed by atoms with Crippen LogP contribution in [-0.2, 0) is 6.42 Å². The number of carbonyl (C=O) groups excluding carboxylic acids is 1. The van der Waals surface area contributed by atoms with Crippen molar-refractivity contribution in [1.82, 2.24) is 14.9 Å². The molecule has 4 bridgehead atoms. The predicted molar refractivity (Wildman–Crippen MR) is 149 cm³/mol. The van der Waals surface area contributed by atoms with Gasteiger partial charge in [-0.3, -0.25) is 4.79 Å². The van der Waals surface area contributed by atoms with E-state index in [2.05, 4.69) is 14.5 Å². The third-order valence-electron chi connectivity index (χ3n) is 7.37. The third kappa shape index (κ3) is 4.33. The van der Waals surface area contributed by atoms with Crippen LogP contribution in [0, 0.1) is 13.8 Å². The quantitative estimate of drug-likeness (QED) is 0.352. The maximum atomic E-state index is 14.0. The van der Waals surface area contributed by atoms with E-state index in [0.29, 0.717) is 30.8 Å². The number of aromatic hydroxyl groups is 1. The molecule has 2 unspecified atom stereocenters. The van der Waals surface area contributed by atoms with E-state index in [1.807, 2.05) is 49.1 Å². The summed E-state index contributed by atoms with van der Waals surface area (Å²) < 4.78 is 2.14. The van der Waals surface area contributed by atoms with Gasteiger partial charge in [-0.15, -0.1) is 16.8 Å². The Morgan fingerprint density at radius 1 is 1.13 bits per heavy atom. The van der Waals surface area contributed by atoms with Crippen LogP contribution in [0.3, 0.4) is 0 Å². The summed E-state index contributed by atoms with van der Waals surface area (Å²) >= 11 is 1.60. The number of amidine groups is 2. The lowest BCUT2D eigenvalue weighted by Crippen LogP contribution is -2.45. The molecule has 1 fully saturated rings. The smallest absolute Gasteiger partial charge is 0.314 e. The van der Waals surface area contributed by atoms with Gasteiger partial charge >= 0.3 is 5.91 Å². The third-order valence-corrected chi connectivity index (χ3v) is 8.26. The molecule has 9 nitrogen and oxygen atoms in total. The molecular weight excluding hydrogens is 498 g/mol. The highest BCUT2D eigenvalue weighted by Crippen LogP contribution is 2.32. The zero-order valence-electron chi connectivity index (χ0n) is 21.4. The maximum absolute atomic E-state index is 14.0. The summed E-state index contributed by atoms with van der Waals surface area (Å²) in [7, 11) is 0. The molecule has 3 aromatic rings. The number of fused-ring (bicyclic) bond motifs is 5. The van der Waals surface area contributed by atoms with Gasteiger partial charge in [-0.05, 0) is 61.2 Å². The van der Waals surface area contributed by atoms with Crippen LogP contribution in [0.2, 0.25) is 0 Å². The number of hydrogen-bond donors (Lipinski definition) is 3. The Labute approximate surface area is 225 Å². The minimum Gasteiger partial charge on any atom is -0.508 e. The van der Waals surface area contributed by atoms with Crippen molar-refractivity contribution in [2.24, 2.45) is 10.7 Å². The van der Waals surface area contributed by atoms with Crippen LogP contribution in [-0.4, -0.2) is 73.1 Å². The summed E-state index contributed by atoms with van der Waals surface area (Å²) in [6, 6.07) is 12.5. The van der Waals surface area contributed by atoms with Crippen molar-refractivity contribution in [1.29, 1.82) is 0 Å². The van der Waals surface area contributed by atoms with E-state index in [1.54, 1.807) is 23.9 Å². The number of carbonyl (C=O) groups is 1. The summed E-state index contributed by atoms with van der Waals surface area (Å²) in [6.45, 7) is 5.22. The standard InChI is InChI=1S/C28H29N7O2S/c1-15-11-16(2)20-13-19(15)23-14-24(33-28(30)32-23)38-10-9-34-25(21(29)12-17-3-5-18(36)6-4-17)31-22-7-8-35(26(22)34)27(20)37/h3-6,11,13-14,21-22H,7-10,12,29H2,1-2H3,(H2-,30,32,33,36)/p+1. The van der Waals surface area contributed by atoms with Crippen LogP contribution in [0.1, 0.15) is 33.5 Å². The summed E-state index contributed by atoms with van der Waals surface area (Å²) in [5.74, 6) is 2.79. The largest absolute Gasteiger partial charge is 0.508 e. The van der Waals surface area contributed by atoms with Crippen molar-refractivity contribution in [2.75, 3.05) is 24.6 Å². The highest BCUT2D eigenvalue weighted by Gasteiger charge is 2.48. The Kier molecular flexibility index (Phi) is 6.16. The molecule has 3 aliphatic rings. The first-order valence-electron chi connectivity index (χ1n) is 12.7. The molecule has 1 amide bonds. The molecule has 194 valence electrons. The minimum atomic E-state index is -0.357. The van der Waals surface area contributed by atoms with Crippen molar-refractivity contribution in [2.45, 2.75) is 43.8 Å². The first-order valence-corrected chi connectivity index (χ1v) is 13.7. The summed E-state index contributed by atoms with van der Waals surface area (Å²) in [5, 5.41) is 10.4. The van der Waals surface area contributed by atoms with E-state index in [9.17, 15) is 9.90 Å². The number of benzene rings is 2. The maximum Gasteiger partial charge on any atom is 0.314 e. The average Bonchev–Trinajstić information content (AvgIpc) is 3.44. The van der Waals surface area contributed by atoms with Crippen molar-refractivity contribution in [3.63, 3.8) is 0 Å². The average molecular weight is 529 g/mol. The lowest BCUT2D eigenvalue weighted by atomic mass is 9.97. The Balaban J connectivity index is 1.43. The van der Waals surface area contributed by atoms with E-state index < -0.39 is 0 Å². The fourth-order valence-corrected chi connectivity index (χ4v) is 6.41. The summed E-state index contributed by atoms with van der Waals surface area (Å²) in [6.07, 6.45) is 1.33. The second kappa shape index (κ2) is 9.52. The normalized spacial score (nSPS) is 19.4. The Morgan fingerprint density at radius 3 is 2.68 bits per heavy atom. The first-order chi connectivity index (χ1) is 18.3. The molecule has 0 radical (unpaired) electrons. The highest BCUT2D eigenvalue weighted by atomic mass is 32.2. The van der Waals surface area contributed by atoms with Gasteiger partial charge < -0.3 is 16.6 Å². The number of thioether (sulfide) groups is 1. The number of aryl methyl sites for hydroxylation is 2. The van der Waals surface area contributed by atoms with Crippen molar-refractivity contribution < 1.29 is 14.5 Å². The molecule has 5 N–H and O–H groups in total. The molecule has 3 aliphatic heterocycles. The van der Waals surface area contributed by atoms with Gasteiger partial charge in [-0.25, -0.2) is 19.4 Å². The number of aliphatic imine (C=N–C) groups is 1. The second-order valence-electron chi connectivity index (χ2n) is 10.0. The van der Waals surface area contributed by atoms with Crippen LogP contribution >= 0.6 is 11.8 Å². The molecule has 38 heavy (non-hydrogen) atoms. The van der Waals surface area contributed by atoms with Gasteiger partial charge in [0.25, 0.3) is 5.84 Å². The number of nitrogens with zero attached hydrogens (tertiary/aromatic N) is 5. The molecule has 2 atom stereocenters. The summed E-state index contributed by atoms with van der Waals surface area (Å²) in [4.78, 5) is 29.9. The molecule has 2 aromatic carbocycles. The van der Waals surface area contributed by atoms with Gasteiger partial charge in [0, 0.05) is 17.7 Å². The fraction of sp³-hybridized carbons (Fsp3) is 0.321. The monoisotopic (exact) mass is 528 g/mol. The van der Waals surface area contributed by atoms with E-state index in [1.165, 1.54) is 0 Å². The molecule has 1 saturated heterocycles. The zero-order valence-corrected chi connectivity index (χ0v) is 22.2. The van der Waals surface area contributed by atoms with Crippen LogP contribution in [0.15, 0.2) is 52.5 Å². The summed E-state index contributed by atoms with van der Waals surface area (Å²) in [5.41, 5.74) is 18.0. The SMILES string of the molecule is Cc1cc(C)c2cc1C(=O)N1CCC3N=C(C(N)Cc4ccc(O)cc4)[N+](=C31)CCSc1cc-2nc(N)n1. The molecule has 0 spiro atoms. The van der Waals surface area contributed by atoms with Crippen molar-refractivity contribution in [3.8, 4) is 17.0 Å². The number of nitrogens with two attached hydrogens (primary N) is 2. The van der Waals surface area contributed by atoms with E-state index in [4.69, 9.17) is 16.5 Å². The number of hydrogen-bond acceptors (Lipinski definition) is 8. The van der Waals surface area contributed by atoms with Gasteiger partial charge in [0.05, 0.1) is 30.4 Å². The molecule has 0 saturated carbocycles. The van der Waals surface area contributed by atoms with Crippen LogP contribution in [0.25, 0.3) is 11.3 Å². The first kappa shape index (κ1) is 24.6. The Bertz CT molecular complexity index is 1520. The number of anilines is 1. The van der Waals surface area contributed by atoms with Crippen molar-refractivity contribution in [3.05, 3.63) is 64.7 Å². The number of rotatable bonds is 3. The van der Waals surface area contributed by atoms with Crippen LogP contribution < -0.4 is 11.5 Å². The van der Waals surface area contributed by atoms with Gasteiger partial charge in [-0.1, -0.05) is 18.2 Å². The second-order valence-corrected chi connectivity index (χ2v) is 11.1.